The quantitative estimate of drug-likeness (QED) is 0.460. The van der Waals surface area contributed by atoms with Gasteiger partial charge in [0.25, 0.3) is 0 Å². The van der Waals surface area contributed by atoms with Crippen molar-refractivity contribution < 1.29 is 44.9 Å². The number of Topliss-reactive ketones (excluding diaryl/α,β-unsaturated/α-hetero) is 1. The van der Waals surface area contributed by atoms with E-state index in [0.717, 1.165) is 6.07 Å². The topological polar surface area (TPSA) is 154 Å². The Kier molecular flexibility index (Phi) is 6.54. The van der Waals surface area contributed by atoms with Gasteiger partial charge in [0.15, 0.2) is 17.3 Å². The Morgan fingerprint density at radius 2 is 1.42 bits per heavy atom. The molecule has 24 heavy (non-hydrogen) atoms. The fourth-order valence-corrected chi connectivity index (χ4v) is 2.11. The minimum Gasteiger partial charge on any atom is -0.490 e. The maximum Gasteiger partial charge on any atom is 0.300 e. The third-order valence-electron chi connectivity index (χ3n) is 2.44. The highest BCUT2D eigenvalue weighted by atomic mass is 32.2. The average molecular weight is 384 g/mol. The van der Waals surface area contributed by atoms with Gasteiger partial charge in [-0.05, 0) is 26.0 Å². The van der Waals surface area contributed by atoms with Crippen molar-refractivity contribution in [2.45, 2.75) is 13.8 Å². The van der Waals surface area contributed by atoms with Crippen molar-refractivity contribution in [3.8, 4) is 17.2 Å². The van der Waals surface area contributed by atoms with E-state index in [1.54, 1.807) is 6.92 Å². The minimum atomic E-state index is -4.51. The Bertz CT molecular complexity index is 810. The van der Waals surface area contributed by atoms with Crippen LogP contribution >= 0.6 is 0 Å². The molecule has 0 atom stereocenters. The third-order valence-corrected chi connectivity index (χ3v) is 3.27. The van der Waals surface area contributed by atoms with E-state index >= 15 is 0 Å². The summed E-state index contributed by atoms with van der Waals surface area (Å²) in [5.41, 5.74) is 0.0722. The molecule has 0 saturated carbocycles. The molecule has 0 bridgehead atoms. The van der Waals surface area contributed by atoms with E-state index in [2.05, 4.69) is 0 Å². The fraction of sp³-hybridized carbons (Fsp3) is 0.417. The van der Waals surface area contributed by atoms with E-state index in [4.69, 9.17) is 23.3 Å². The number of carbonyl (C=O) groups excluding carboxylic acids is 1. The van der Waals surface area contributed by atoms with E-state index < -0.39 is 37.9 Å². The Balaban J connectivity index is 3.37. The van der Waals surface area contributed by atoms with Crippen molar-refractivity contribution in [1.82, 2.24) is 0 Å². The molecule has 0 heterocycles. The highest BCUT2D eigenvalue weighted by molar-refractivity contribution is 7.85. The van der Waals surface area contributed by atoms with Gasteiger partial charge in [-0.1, -0.05) is 0 Å². The third kappa shape index (κ3) is 6.70. The molecule has 10 nitrogen and oxygen atoms in total. The minimum absolute atomic E-state index is 0.0722. The predicted molar refractivity (Wildman–Crippen MR) is 81.7 cm³/mol. The number of ether oxygens (including phenoxy) is 3. The van der Waals surface area contributed by atoms with Gasteiger partial charge in [-0.2, -0.15) is 16.8 Å². The summed E-state index contributed by atoms with van der Waals surface area (Å²) in [7, 11) is -9.02. The summed E-state index contributed by atoms with van der Waals surface area (Å²) in [6.07, 6.45) is 0. The maximum atomic E-state index is 11.5. The normalized spacial score (nSPS) is 11.8. The largest absolute Gasteiger partial charge is 0.490 e. The van der Waals surface area contributed by atoms with Crippen molar-refractivity contribution in [3.05, 3.63) is 17.7 Å². The zero-order valence-corrected chi connectivity index (χ0v) is 14.4. The molecule has 136 valence electrons. The average Bonchev–Trinajstić information content (AvgIpc) is 2.41. The Hall–Kier alpha value is -1.89. The molecule has 0 aliphatic heterocycles. The van der Waals surface area contributed by atoms with E-state index in [1.165, 1.54) is 13.0 Å². The lowest BCUT2D eigenvalue weighted by atomic mass is 10.1. The van der Waals surface area contributed by atoms with Gasteiger partial charge in [0.05, 0.1) is 6.61 Å². The Morgan fingerprint density at radius 3 is 1.83 bits per heavy atom. The molecule has 0 fully saturated rings. The van der Waals surface area contributed by atoms with Crippen molar-refractivity contribution in [1.29, 1.82) is 0 Å². The zero-order valence-electron chi connectivity index (χ0n) is 12.8. The first-order chi connectivity index (χ1) is 10.9. The molecule has 1 aromatic rings. The van der Waals surface area contributed by atoms with Crippen LogP contribution in [0.2, 0.25) is 0 Å². The standard InChI is InChI=1S/C12H16O10S2/c1-3-20-10-4-9(8(2)13)5-11(21-6-23(14,15)16)12(10)22-7-24(17,18)19/h4-5H,3,6-7H2,1-2H3,(H,14,15,16)(H,17,18,19). The van der Waals surface area contributed by atoms with Crippen LogP contribution in [0.4, 0.5) is 0 Å². The van der Waals surface area contributed by atoms with Crippen molar-refractivity contribution in [2.75, 3.05) is 18.5 Å². The van der Waals surface area contributed by atoms with Crippen LogP contribution in [0.3, 0.4) is 0 Å². The van der Waals surface area contributed by atoms with Crippen molar-refractivity contribution in [3.63, 3.8) is 0 Å². The highest BCUT2D eigenvalue weighted by Gasteiger charge is 2.20. The number of hydrogen-bond donors (Lipinski definition) is 2. The first kappa shape index (κ1) is 20.2. The van der Waals surface area contributed by atoms with Crippen LogP contribution in [0.1, 0.15) is 24.2 Å². The van der Waals surface area contributed by atoms with Gasteiger partial charge in [0.2, 0.25) is 17.6 Å². The summed E-state index contributed by atoms with van der Waals surface area (Å²) in [5, 5.41) is 0. The second kappa shape index (κ2) is 7.79. The molecule has 0 aliphatic carbocycles. The van der Waals surface area contributed by atoms with E-state index in [1.807, 2.05) is 0 Å². The first-order valence-electron chi connectivity index (χ1n) is 6.40. The van der Waals surface area contributed by atoms with Crippen LogP contribution in [-0.4, -0.2) is 50.2 Å². The molecule has 0 aromatic heterocycles. The fourth-order valence-electron chi connectivity index (χ4n) is 1.56. The maximum absolute atomic E-state index is 11.5. The smallest absolute Gasteiger partial charge is 0.300 e. The Morgan fingerprint density at radius 1 is 0.958 bits per heavy atom. The van der Waals surface area contributed by atoms with Gasteiger partial charge in [-0.3, -0.25) is 13.9 Å². The van der Waals surface area contributed by atoms with Crippen LogP contribution in [-0.2, 0) is 20.2 Å². The van der Waals surface area contributed by atoms with Gasteiger partial charge in [-0.25, -0.2) is 0 Å². The van der Waals surface area contributed by atoms with Gasteiger partial charge < -0.3 is 14.2 Å². The van der Waals surface area contributed by atoms with Gasteiger partial charge in [-0.15, -0.1) is 0 Å². The van der Waals surface area contributed by atoms with Crippen molar-refractivity contribution >= 4 is 26.0 Å². The number of hydrogen-bond acceptors (Lipinski definition) is 8. The second-order valence-corrected chi connectivity index (χ2v) is 7.28. The molecule has 1 aromatic carbocycles. The van der Waals surface area contributed by atoms with Gasteiger partial charge in [0.1, 0.15) is 0 Å². The summed E-state index contributed by atoms with van der Waals surface area (Å²) in [6, 6.07) is 2.33. The molecular weight excluding hydrogens is 368 g/mol. The summed E-state index contributed by atoms with van der Waals surface area (Å²) in [4.78, 5) is 11.5. The van der Waals surface area contributed by atoms with Crippen LogP contribution < -0.4 is 14.2 Å². The first-order valence-corrected chi connectivity index (χ1v) is 9.62. The van der Waals surface area contributed by atoms with Crippen LogP contribution in [0, 0.1) is 0 Å². The van der Waals surface area contributed by atoms with Crippen LogP contribution in [0.5, 0.6) is 17.2 Å². The highest BCUT2D eigenvalue weighted by Crippen LogP contribution is 2.39. The molecule has 0 spiro atoms. The molecule has 2 N–H and O–H groups in total. The second-order valence-electron chi connectivity index (χ2n) is 4.48. The molecule has 1 rings (SSSR count). The number of carbonyl (C=O) groups is 1. The number of rotatable bonds is 9. The molecule has 0 amide bonds. The number of benzene rings is 1. The molecule has 0 saturated heterocycles. The molecular formula is C12H16O10S2. The van der Waals surface area contributed by atoms with Crippen molar-refractivity contribution in [2.24, 2.45) is 0 Å². The van der Waals surface area contributed by atoms with Gasteiger partial charge >= 0.3 is 20.2 Å². The van der Waals surface area contributed by atoms with Crippen LogP contribution in [0.15, 0.2) is 12.1 Å². The van der Waals surface area contributed by atoms with Gasteiger partial charge in [0, 0.05) is 5.56 Å². The number of ketones is 1. The molecule has 12 heteroatoms. The van der Waals surface area contributed by atoms with E-state index in [-0.39, 0.29) is 29.4 Å². The monoisotopic (exact) mass is 384 g/mol. The molecule has 0 aliphatic rings. The summed E-state index contributed by atoms with van der Waals surface area (Å²) >= 11 is 0. The van der Waals surface area contributed by atoms with Crippen LogP contribution in [0.25, 0.3) is 0 Å². The lowest BCUT2D eigenvalue weighted by Gasteiger charge is -2.16. The van der Waals surface area contributed by atoms with E-state index in [9.17, 15) is 21.6 Å². The SMILES string of the molecule is CCOc1cc(C(C)=O)cc(OCS(=O)(=O)O)c1OCS(=O)(=O)O. The summed E-state index contributed by atoms with van der Waals surface area (Å²) in [5.74, 6) is -3.53. The summed E-state index contributed by atoms with van der Waals surface area (Å²) in [6.45, 7) is 2.95. The van der Waals surface area contributed by atoms with E-state index in [0.29, 0.717) is 0 Å². The lowest BCUT2D eigenvalue weighted by Crippen LogP contribution is -2.15. The predicted octanol–water partition coefficient (Wildman–Crippen LogP) is 0.736. The Labute approximate surface area is 138 Å². The lowest BCUT2D eigenvalue weighted by molar-refractivity contribution is 0.101. The zero-order chi connectivity index (χ0) is 18.5. The summed E-state index contributed by atoms with van der Waals surface area (Å²) < 4.78 is 75.8. The molecule has 0 unspecified atom stereocenters. The molecule has 0 radical (unpaired) electrons.